The van der Waals surface area contributed by atoms with E-state index in [0.29, 0.717) is 17.9 Å². The van der Waals surface area contributed by atoms with Crippen molar-refractivity contribution in [2.24, 2.45) is 0 Å². The Kier molecular flexibility index (Phi) is 6.72. The average Bonchev–Trinajstić information content (AvgIpc) is 3.18. The summed E-state index contributed by atoms with van der Waals surface area (Å²) >= 11 is 0. The molecule has 2 aliphatic rings. The van der Waals surface area contributed by atoms with Gasteiger partial charge in [0.1, 0.15) is 5.75 Å². The monoisotopic (exact) mass is 374 g/mol. The predicted octanol–water partition coefficient (Wildman–Crippen LogP) is 2.76. The normalized spacial score (nSPS) is 25.3. The van der Waals surface area contributed by atoms with Gasteiger partial charge >= 0.3 is 0 Å². The van der Waals surface area contributed by atoms with Crippen molar-refractivity contribution in [1.29, 1.82) is 0 Å². The number of carbonyl (C=O) groups is 2. The van der Waals surface area contributed by atoms with Gasteiger partial charge in [-0.3, -0.25) is 9.59 Å². The molecule has 6 nitrogen and oxygen atoms in total. The molecule has 1 aromatic carbocycles. The Balaban J connectivity index is 1.47. The number of ether oxygens (including phenoxy) is 2. The van der Waals surface area contributed by atoms with Crippen LogP contribution in [0.3, 0.4) is 0 Å². The molecule has 0 unspecified atom stereocenters. The van der Waals surface area contributed by atoms with Gasteiger partial charge in [0.05, 0.1) is 6.10 Å². The van der Waals surface area contributed by atoms with Crippen LogP contribution in [-0.2, 0) is 9.53 Å². The SMILES string of the molecule is C[C@@H]1CCC[C@H](C)N1C(=O)COc1ccc(C(=O)NC[C@@H]2CCCO2)cc1. The lowest BCUT2D eigenvalue weighted by molar-refractivity contribution is -0.139. The van der Waals surface area contributed by atoms with E-state index < -0.39 is 0 Å². The van der Waals surface area contributed by atoms with Gasteiger partial charge < -0.3 is 19.7 Å². The lowest BCUT2D eigenvalue weighted by Gasteiger charge is -2.38. The number of nitrogens with one attached hydrogen (secondary N) is 1. The van der Waals surface area contributed by atoms with E-state index in [1.165, 1.54) is 6.42 Å². The first-order valence-corrected chi connectivity index (χ1v) is 9.98. The number of piperidine rings is 1. The van der Waals surface area contributed by atoms with E-state index in [1.54, 1.807) is 24.3 Å². The molecule has 2 fully saturated rings. The molecule has 0 bridgehead atoms. The quantitative estimate of drug-likeness (QED) is 0.831. The van der Waals surface area contributed by atoms with Gasteiger partial charge in [-0.15, -0.1) is 0 Å². The van der Waals surface area contributed by atoms with Crippen LogP contribution in [0.5, 0.6) is 5.75 Å². The van der Waals surface area contributed by atoms with E-state index in [1.807, 2.05) is 4.90 Å². The zero-order valence-corrected chi connectivity index (χ0v) is 16.3. The fourth-order valence-electron chi connectivity index (χ4n) is 3.95. The van der Waals surface area contributed by atoms with Crippen LogP contribution in [0.1, 0.15) is 56.3 Å². The van der Waals surface area contributed by atoms with Crippen LogP contribution in [-0.4, -0.2) is 54.7 Å². The van der Waals surface area contributed by atoms with Gasteiger partial charge in [-0.1, -0.05) is 0 Å². The number of likely N-dealkylation sites (tertiary alicyclic amines) is 1. The number of amides is 2. The van der Waals surface area contributed by atoms with Crippen molar-refractivity contribution in [2.75, 3.05) is 19.8 Å². The average molecular weight is 374 g/mol. The van der Waals surface area contributed by atoms with Crippen LogP contribution in [0.15, 0.2) is 24.3 Å². The van der Waals surface area contributed by atoms with E-state index in [-0.39, 0.29) is 36.6 Å². The lowest BCUT2D eigenvalue weighted by Crippen LogP contribution is -2.49. The van der Waals surface area contributed by atoms with E-state index in [0.717, 1.165) is 32.3 Å². The largest absolute Gasteiger partial charge is 0.484 e. The van der Waals surface area contributed by atoms with Gasteiger partial charge in [0.15, 0.2) is 6.61 Å². The first-order chi connectivity index (χ1) is 13.0. The summed E-state index contributed by atoms with van der Waals surface area (Å²) in [5.41, 5.74) is 0.574. The molecule has 0 radical (unpaired) electrons. The van der Waals surface area contributed by atoms with Gasteiger partial charge in [-0.05, 0) is 70.2 Å². The molecular formula is C21H30N2O4. The van der Waals surface area contributed by atoms with Crippen molar-refractivity contribution in [3.63, 3.8) is 0 Å². The van der Waals surface area contributed by atoms with Crippen molar-refractivity contribution < 1.29 is 19.1 Å². The summed E-state index contributed by atoms with van der Waals surface area (Å²) in [6.07, 6.45) is 5.44. The van der Waals surface area contributed by atoms with Crippen molar-refractivity contribution in [3.05, 3.63) is 29.8 Å². The summed E-state index contributed by atoms with van der Waals surface area (Å²) in [5.74, 6) is 0.494. The van der Waals surface area contributed by atoms with Gasteiger partial charge in [0.25, 0.3) is 11.8 Å². The van der Waals surface area contributed by atoms with Crippen LogP contribution < -0.4 is 10.1 Å². The standard InChI is InChI=1S/C21H30N2O4/c1-15-5-3-6-16(2)23(15)20(24)14-27-18-10-8-17(9-11-18)21(25)22-13-19-7-4-12-26-19/h8-11,15-16,19H,3-7,12-14H2,1-2H3,(H,22,25)/t15-,16+,19-/m0/s1. The second-order valence-electron chi connectivity index (χ2n) is 7.59. The summed E-state index contributed by atoms with van der Waals surface area (Å²) < 4.78 is 11.2. The van der Waals surface area contributed by atoms with Crippen molar-refractivity contribution in [2.45, 2.75) is 64.1 Å². The van der Waals surface area contributed by atoms with Crippen LogP contribution in [0.2, 0.25) is 0 Å². The third-order valence-electron chi connectivity index (χ3n) is 5.47. The maximum absolute atomic E-state index is 12.5. The van der Waals surface area contributed by atoms with Gasteiger partial charge in [-0.25, -0.2) is 0 Å². The third-order valence-corrected chi connectivity index (χ3v) is 5.47. The van der Waals surface area contributed by atoms with E-state index in [4.69, 9.17) is 9.47 Å². The minimum absolute atomic E-state index is 0.0214. The Morgan fingerprint density at radius 3 is 2.44 bits per heavy atom. The second-order valence-corrected chi connectivity index (χ2v) is 7.59. The molecule has 0 saturated carbocycles. The zero-order chi connectivity index (χ0) is 19.2. The topological polar surface area (TPSA) is 67.9 Å². The minimum Gasteiger partial charge on any atom is -0.484 e. The fraction of sp³-hybridized carbons (Fsp3) is 0.619. The number of benzene rings is 1. The summed E-state index contributed by atoms with van der Waals surface area (Å²) in [5, 5.41) is 2.90. The molecule has 2 aliphatic heterocycles. The number of nitrogens with zero attached hydrogens (tertiary/aromatic N) is 1. The fourth-order valence-corrected chi connectivity index (χ4v) is 3.95. The first kappa shape index (κ1) is 19.7. The maximum atomic E-state index is 12.5. The number of hydrogen-bond donors (Lipinski definition) is 1. The predicted molar refractivity (Wildman–Crippen MR) is 103 cm³/mol. The Labute approximate surface area is 161 Å². The Morgan fingerprint density at radius 2 is 1.81 bits per heavy atom. The number of rotatable bonds is 6. The van der Waals surface area contributed by atoms with Crippen LogP contribution in [0.4, 0.5) is 0 Å². The molecule has 148 valence electrons. The lowest BCUT2D eigenvalue weighted by atomic mass is 9.97. The first-order valence-electron chi connectivity index (χ1n) is 9.98. The van der Waals surface area contributed by atoms with Crippen molar-refractivity contribution in [1.82, 2.24) is 10.2 Å². The third kappa shape index (κ3) is 5.22. The molecule has 0 aromatic heterocycles. The maximum Gasteiger partial charge on any atom is 0.260 e. The highest BCUT2D eigenvalue weighted by atomic mass is 16.5. The van der Waals surface area contributed by atoms with Crippen LogP contribution >= 0.6 is 0 Å². The van der Waals surface area contributed by atoms with Crippen LogP contribution in [0, 0.1) is 0 Å². The summed E-state index contributed by atoms with van der Waals surface area (Å²) in [6.45, 7) is 5.53. The Hall–Kier alpha value is -2.08. The van der Waals surface area contributed by atoms with Crippen molar-refractivity contribution in [3.8, 4) is 5.75 Å². The minimum atomic E-state index is -0.121. The smallest absolute Gasteiger partial charge is 0.260 e. The van der Waals surface area contributed by atoms with E-state index in [2.05, 4.69) is 19.2 Å². The molecule has 2 heterocycles. The Bertz CT molecular complexity index is 630. The molecule has 0 spiro atoms. The summed E-state index contributed by atoms with van der Waals surface area (Å²) in [6, 6.07) is 7.43. The molecular weight excluding hydrogens is 344 g/mol. The van der Waals surface area contributed by atoms with Gasteiger partial charge in [-0.2, -0.15) is 0 Å². The highest BCUT2D eigenvalue weighted by molar-refractivity contribution is 5.94. The molecule has 3 rings (SSSR count). The zero-order valence-electron chi connectivity index (χ0n) is 16.3. The molecule has 6 heteroatoms. The molecule has 1 aromatic rings. The second kappa shape index (κ2) is 9.22. The summed E-state index contributed by atoms with van der Waals surface area (Å²) in [4.78, 5) is 26.6. The van der Waals surface area contributed by atoms with E-state index in [9.17, 15) is 9.59 Å². The van der Waals surface area contributed by atoms with Crippen LogP contribution in [0.25, 0.3) is 0 Å². The highest BCUT2D eigenvalue weighted by Crippen LogP contribution is 2.23. The molecule has 2 amide bonds. The summed E-state index contributed by atoms with van der Waals surface area (Å²) in [7, 11) is 0. The Morgan fingerprint density at radius 1 is 1.11 bits per heavy atom. The van der Waals surface area contributed by atoms with Gasteiger partial charge in [0.2, 0.25) is 0 Å². The molecule has 3 atom stereocenters. The number of carbonyl (C=O) groups excluding carboxylic acids is 2. The van der Waals surface area contributed by atoms with Gasteiger partial charge in [0, 0.05) is 30.8 Å². The molecule has 27 heavy (non-hydrogen) atoms. The number of hydrogen-bond acceptors (Lipinski definition) is 4. The highest BCUT2D eigenvalue weighted by Gasteiger charge is 2.29. The van der Waals surface area contributed by atoms with Crippen molar-refractivity contribution >= 4 is 11.8 Å². The molecule has 2 saturated heterocycles. The molecule has 1 N–H and O–H groups in total. The van der Waals surface area contributed by atoms with E-state index >= 15 is 0 Å². The molecule has 0 aliphatic carbocycles.